The number of para-hydroxylation sites is 1. The van der Waals surface area contributed by atoms with Gasteiger partial charge in [0.25, 0.3) is 0 Å². The van der Waals surface area contributed by atoms with E-state index in [1.807, 2.05) is 67.7 Å². The molecule has 2 heterocycles. The number of methoxy groups -OCH3 is 1. The molecule has 1 N–H and O–H groups in total. The quantitative estimate of drug-likeness (QED) is 0.546. The van der Waals surface area contributed by atoms with Crippen molar-refractivity contribution in [3.63, 3.8) is 0 Å². The smallest absolute Gasteiger partial charge is 0.165 e. The number of halogens is 1. The Labute approximate surface area is 156 Å². The van der Waals surface area contributed by atoms with Crippen molar-refractivity contribution in [3.8, 4) is 16.9 Å². The SMILES string of the molecule is COc1ccccc1-c1cnn2c(Nc3ccc(Cl)cc3)cc(C)nc12. The molecule has 0 aliphatic carbocycles. The van der Waals surface area contributed by atoms with Crippen LogP contribution in [0.3, 0.4) is 0 Å². The summed E-state index contributed by atoms with van der Waals surface area (Å²) in [5.74, 6) is 1.62. The van der Waals surface area contributed by atoms with E-state index in [0.717, 1.165) is 39.7 Å². The molecule has 0 amide bonds. The van der Waals surface area contributed by atoms with Gasteiger partial charge in [-0.15, -0.1) is 0 Å². The fourth-order valence-electron chi connectivity index (χ4n) is 2.91. The van der Waals surface area contributed by atoms with Crippen LogP contribution in [-0.2, 0) is 0 Å². The predicted octanol–water partition coefficient (Wildman–Crippen LogP) is 5.11. The Morgan fingerprint density at radius 3 is 2.58 bits per heavy atom. The molecular weight excluding hydrogens is 348 g/mol. The Morgan fingerprint density at radius 1 is 1.04 bits per heavy atom. The molecule has 0 spiro atoms. The number of benzene rings is 2. The number of aromatic nitrogens is 3. The van der Waals surface area contributed by atoms with E-state index in [-0.39, 0.29) is 0 Å². The minimum atomic E-state index is 0.698. The lowest BCUT2D eigenvalue weighted by molar-refractivity contribution is 0.416. The lowest BCUT2D eigenvalue weighted by atomic mass is 10.1. The highest BCUT2D eigenvalue weighted by molar-refractivity contribution is 6.30. The zero-order valence-corrected chi connectivity index (χ0v) is 15.2. The van der Waals surface area contributed by atoms with E-state index in [1.165, 1.54) is 0 Å². The normalized spacial score (nSPS) is 10.9. The van der Waals surface area contributed by atoms with Crippen molar-refractivity contribution in [2.45, 2.75) is 6.92 Å². The maximum atomic E-state index is 5.97. The van der Waals surface area contributed by atoms with Crippen LogP contribution >= 0.6 is 11.6 Å². The largest absolute Gasteiger partial charge is 0.496 e. The number of aryl methyl sites for hydroxylation is 1. The number of hydrogen-bond donors (Lipinski definition) is 1. The number of hydrogen-bond acceptors (Lipinski definition) is 4. The first kappa shape index (κ1) is 16.4. The molecule has 4 aromatic rings. The second-order valence-electron chi connectivity index (χ2n) is 5.91. The summed E-state index contributed by atoms with van der Waals surface area (Å²) in [6.45, 7) is 1.96. The first-order valence-electron chi connectivity index (χ1n) is 8.17. The Bertz CT molecular complexity index is 1070. The van der Waals surface area contributed by atoms with Crippen LogP contribution in [0, 0.1) is 6.92 Å². The lowest BCUT2D eigenvalue weighted by Gasteiger charge is -2.11. The van der Waals surface area contributed by atoms with Gasteiger partial charge in [-0.25, -0.2) is 4.98 Å². The molecule has 0 atom stereocenters. The topological polar surface area (TPSA) is 51.5 Å². The van der Waals surface area contributed by atoms with Gasteiger partial charge in [-0.1, -0.05) is 29.8 Å². The monoisotopic (exact) mass is 364 g/mol. The Balaban J connectivity index is 1.84. The molecule has 0 fully saturated rings. The Hall–Kier alpha value is -3.05. The van der Waals surface area contributed by atoms with Crippen molar-refractivity contribution in [2.75, 3.05) is 12.4 Å². The van der Waals surface area contributed by atoms with Crippen LogP contribution in [0.5, 0.6) is 5.75 Å². The highest BCUT2D eigenvalue weighted by Gasteiger charge is 2.15. The second-order valence-corrected chi connectivity index (χ2v) is 6.35. The molecule has 0 bridgehead atoms. The minimum Gasteiger partial charge on any atom is -0.496 e. The maximum Gasteiger partial charge on any atom is 0.165 e. The van der Waals surface area contributed by atoms with Gasteiger partial charge in [-0.3, -0.25) is 0 Å². The number of fused-ring (bicyclic) bond motifs is 1. The number of nitrogens with one attached hydrogen (secondary N) is 1. The molecule has 5 nitrogen and oxygen atoms in total. The third-order valence-corrected chi connectivity index (χ3v) is 4.37. The molecule has 0 radical (unpaired) electrons. The van der Waals surface area contributed by atoms with E-state index in [2.05, 4.69) is 15.4 Å². The summed E-state index contributed by atoms with van der Waals surface area (Å²) in [6, 6.07) is 17.4. The first-order valence-corrected chi connectivity index (χ1v) is 8.55. The third-order valence-electron chi connectivity index (χ3n) is 4.11. The summed E-state index contributed by atoms with van der Waals surface area (Å²) in [5.41, 5.74) is 4.47. The third kappa shape index (κ3) is 2.97. The molecule has 0 aliphatic heterocycles. The van der Waals surface area contributed by atoms with Crippen LogP contribution in [-0.4, -0.2) is 21.7 Å². The van der Waals surface area contributed by atoms with Gasteiger partial charge in [0, 0.05) is 28.0 Å². The highest BCUT2D eigenvalue weighted by atomic mass is 35.5. The van der Waals surface area contributed by atoms with Gasteiger partial charge in [-0.05, 0) is 37.3 Å². The van der Waals surface area contributed by atoms with Gasteiger partial charge in [0.05, 0.1) is 18.9 Å². The molecule has 4 rings (SSSR count). The lowest BCUT2D eigenvalue weighted by Crippen LogP contribution is -2.02. The number of rotatable bonds is 4. The fourth-order valence-corrected chi connectivity index (χ4v) is 3.04. The van der Waals surface area contributed by atoms with Gasteiger partial charge >= 0.3 is 0 Å². The molecule has 0 aliphatic rings. The summed E-state index contributed by atoms with van der Waals surface area (Å²) in [4.78, 5) is 4.69. The molecule has 0 saturated heterocycles. The van der Waals surface area contributed by atoms with Crippen molar-refractivity contribution in [3.05, 3.63) is 71.5 Å². The average molecular weight is 365 g/mol. The molecule has 0 unspecified atom stereocenters. The Morgan fingerprint density at radius 2 is 1.81 bits per heavy atom. The summed E-state index contributed by atoms with van der Waals surface area (Å²) < 4.78 is 7.29. The number of anilines is 2. The van der Waals surface area contributed by atoms with E-state index in [4.69, 9.17) is 16.3 Å². The van der Waals surface area contributed by atoms with Crippen LogP contribution in [0.25, 0.3) is 16.8 Å². The van der Waals surface area contributed by atoms with E-state index in [0.29, 0.717) is 5.02 Å². The van der Waals surface area contributed by atoms with Gasteiger partial charge in [0.15, 0.2) is 5.65 Å². The van der Waals surface area contributed by atoms with Gasteiger partial charge in [0.1, 0.15) is 11.6 Å². The summed E-state index contributed by atoms with van der Waals surface area (Å²) >= 11 is 5.97. The molecule has 130 valence electrons. The van der Waals surface area contributed by atoms with Crippen LogP contribution < -0.4 is 10.1 Å². The van der Waals surface area contributed by atoms with Gasteiger partial charge in [-0.2, -0.15) is 9.61 Å². The maximum absolute atomic E-state index is 5.97. The number of nitrogens with zero attached hydrogens (tertiary/aromatic N) is 3. The van der Waals surface area contributed by atoms with Crippen LogP contribution in [0.15, 0.2) is 60.8 Å². The van der Waals surface area contributed by atoms with Crippen LogP contribution in [0.4, 0.5) is 11.5 Å². The van der Waals surface area contributed by atoms with E-state index < -0.39 is 0 Å². The summed E-state index contributed by atoms with van der Waals surface area (Å²) in [7, 11) is 1.66. The standard InChI is InChI=1S/C20H17ClN4O/c1-13-11-19(24-15-9-7-14(21)8-10-15)25-20(23-13)17(12-22-25)16-5-3-4-6-18(16)26-2/h3-12,24H,1-2H3. The highest BCUT2D eigenvalue weighted by Crippen LogP contribution is 2.33. The Kier molecular flexibility index (Phi) is 4.22. The van der Waals surface area contributed by atoms with Crippen LogP contribution in [0.2, 0.25) is 5.02 Å². The number of ether oxygens (including phenoxy) is 1. The van der Waals surface area contributed by atoms with Crippen molar-refractivity contribution < 1.29 is 4.74 Å². The van der Waals surface area contributed by atoms with E-state index in [1.54, 1.807) is 11.6 Å². The van der Waals surface area contributed by atoms with Crippen molar-refractivity contribution in [1.82, 2.24) is 14.6 Å². The predicted molar refractivity (Wildman–Crippen MR) is 104 cm³/mol. The van der Waals surface area contributed by atoms with Crippen molar-refractivity contribution in [2.24, 2.45) is 0 Å². The molecule has 6 heteroatoms. The van der Waals surface area contributed by atoms with Gasteiger partial charge in [0.2, 0.25) is 0 Å². The summed E-state index contributed by atoms with van der Waals surface area (Å²) in [5, 5.41) is 8.61. The summed E-state index contributed by atoms with van der Waals surface area (Å²) in [6.07, 6.45) is 1.81. The molecule has 2 aromatic carbocycles. The molecule has 2 aromatic heterocycles. The molecule has 0 saturated carbocycles. The first-order chi connectivity index (χ1) is 12.7. The van der Waals surface area contributed by atoms with Crippen molar-refractivity contribution in [1.29, 1.82) is 0 Å². The van der Waals surface area contributed by atoms with E-state index >= 15 is 0 Å². The zero-order chi connectivity index (χ0) is 18.1. The fraction of sp³-hybridized carbons (Fsp3) is 0.100. The minimum absolute atomic E-state index is 0.698. The van der Waals surface area contributed by atoms with E-state index in [9.17, 15) is 0 Å². The van der Waals surface area contributed by atoms with Gasteiger partial charge < -0.3 is 10.1 Å². The van der Waals surface area contributed by atoms with Crippen molar-refractivity contribution >= 4 is 28.8 Å². The second kappa shape index (κ2) is 6.69. The van der Waals surface area contributed by atoms with Crippen LogP contribution in [0.1, 0.15) is 5.69 Å². The molecular formula is C20H17ClN4O. The average Bonchev–Trinajstić information content (AvgIpc) is 3.07. The molecule has 26 heavy (non-hydrogen) atoms. The zero-order valence-electron chi connectivity index (χ0n) is 14.4.